The van der Waals surface area contributed by atoms with Gasteiger partial charge in [0.25, 0.3) is 0 Å². The van der Waals surface area contributed by atoms with Crippen molar-refractivity contribution in [2.45, 2.75) is 19.3 Å². The maximum Gasteiger partial charge on any atom is 0.231 e. The van der Waals surface area contributed by atoms with Crippen molar-refractivity contribution in [2.75, 3.05) is 13.3 Å². The van der Waals surface area contributed by atoms with E-state index in [2.05, 4.69) is 53.5 Å². The van der Waals surface area contributed by atoms with Crippen LogP contribution in [0.5, 0.6) is 11.5 Å². The highest BCUT2D eigenvalue weighted by molar-refractivity contribution is 6.08. The molecule has 0 fully saturated rings. The number of nitrogens with one attached hydrogen (secondary N) is 1. The van der Waals surface area contributed by atoms with Crippen LogP contribution < -0.4 is 15.2 Å². The number of unbranched alkanes of at least 4 members (excludes halogenated alkanes) is 1. The third-order valence-corrected chi connectivity index (χ3v) is 5.35. The van der Waals surface area contributed by atoms with Gasteiger partial charge in [0.05, 0.1) is 5.52 Å². The topological polar surface area (TPSA) is 60.3 Å². The summed E-state index contributed by atoms with van der Waals surface area (Å²) in [5.41, 5.74) is 10.6. The first-order valence-electron chi connectivity index (χ1n) is 9.47. The Morgan fingerprint density at radius 1 is 0.889 bits per heavy atom. The summed E-state index contributed by atoms with van der Waals surface area (Å²) in [6.45, 7) is 1.02. The Morgan fingerprint density at radius 2 is 1.78 bits per heavy atom. The molecule has 3 aromatic carbocycles. The minimum absolute atomic E-state index is 0.291. The van der Waals surface area contributed by atoms with Crippen LogP contribution in [0.15, 0.2) is 54.6 Å². The minimum Gasteiger partial charge on any atom is -0.454 e. The molecule has 0 atom stereocenters. The van der Waals surface area contributed by atoms with Gasteiger partial charge in [0.15, 0.2) is 11.5 Å². The second-order valence-electron chi connectivity index (χ2n) is 7.00. The summed E-state index contributed by atoms with van der Waals surface area (Å²) in [5, 5.41) is 3.79. The first-order valence-corrected chi connectivity index (χ1v) is 9.47. The maximum atomic E-state index is 5.73. The molecular weight excluding hydrogens is 336 g/mol. The smallest absolute Gasteiger partial charge is 0.231 e. The summed E-state index contributed by atoms with van der Waals surface area (Å²) in [6.07, 6.45) is 3.11. The molecule has 3 N–H and O–H groups in total. The van der Waals surface area contributed by atoms with Crippen LogP contribution in [0.4, 0.5) is 0 Å². The Bertz CT molecular complexity index is 1130. The number of ether oxygens (including phenoxy) is 2. The van der Waals surface area contributed by atoms with Gasteiger partial charge in [-0.25, -0.2) is 0 Å². The number of aromatic nitrogens is 1. The molecule has 4 aromatic rings. The molecule has 0 saturated heterocycles. The summed E-state index contributed by atoms with van der Waals surface area (Å²) in [7, 11) is 0. The third-order valence-electron chi connectivity index (χ3n) is 5.35. The SMILES string of the molecule is NCCCCc1c(-c2ccc3c(c2)OCO3)[nH]c2c1ccc1ccccc12. The summed E-state index contributed by atoms with van der Waals surface area (Å²) < 4.78 is 11.1. The highest BCUT2D eigenvalue weighted by Gasteiger charge is 2.18. The fourth-order valence-corrected chi connectivity index (χ4v) is 4.00. The second-order valence-corrected chi connectivity index (χ2v) is 7.00. The van der Waals surface area contributed by atoms with E-state index in [0.717, 1.165) is 48.6 Å². The average Bonchev–Trinajstić information content (AvgIpc) is 3.32. The molecule has 136 valence electrons. The van der Waals surface area contributed by atoms with Gasteiger partial charge in [0.2, 0.25) is 6.79 Å². The fourth-order valence-electron chi connectivity index (χ4n) is 4.00. The molecule has 4 heteroatoms. The lowest BCUT2D eigenvalue weighted by Crippen LogP contribution is -1.99. The number of nitrogens with two attached hydrogens (primary N) is 1. The molecule has 27 heavy (non-hydrogen) atoms. The van der Waals surface area contributed by atoms with Gasteiger partial charge >= 0.3 is 0 Å². The van der Waals surface area contributed by atoms with Crippen molar-refractivity contribution in [2.24, 2.45) is 5.73 Å². The van der Waals surface area contributed by atoms with E-state index in [-0.39, 0.29) is 0 Å². The molecule has 4 nitrogen and oxygen atoms in total. The van der Waals surface area contributed by atoms with Crippen molar-refractivity contribution in [3.05, 3.63) is 60.2 Å². The molecule has 0 unspecified atom stereocenters. The molecule has 0 amide bonds. The van der Waals surface area contributed by atoms with Crippen LogP contribution in [0, 0.1) is 0 Å². The van der Waals surface area contributed by atoms with Crippen molar-refractivity contribution < 1.29 is 9.47 Å². The predicted octanol–water partition coefficient (Wildman–Crippen LogP) is 5.00. The highest BCUT2D eigenvalue weighted by Crippen LogP contribution is 2.40. The van der Waals surface area contributed by atoms with E-state index in [0.29, 0.717) is 6.79 Å². The monoisotopic (exact) mass is 358 g/mol. The Morgan fingerprint density at radius 3 is 2.70 bits per heavy atom. The second kappa shape index (κ2) is 6.63. The van der Waals surface area contributed by atoms with E-state index in [1.54, 1.807) is 0 Å². The molecule has 0 bridgehead atoms. The van der Waals surface area contributed by atoms with Crippen LogP contribution in [0.2, 0.25) is 0 Å². The molecule has 2 heterocycles. The molecule has 0 aliphatic carbocycles. The lowest BCUT2D eigenvalue weighted by Gasteiger charge is -2.06. The van der Waals surface area contributed by atoms with Crippen LogP contribution >= 0.6 is 0 Å². The predicted molar refractivity (Wildman–Crippen MR) is 109 cm³/mol. The Hall–Kier alpha value is -2.98. The van der Waals surface area contributed by atoms with Crippen molar-refractivity contribution in [3.63, 3.8) is 0 Å². The van der Waals surface area contributed by atoms with Gasteiger partial charge in [-0.05, 0) is 55.0 Å². The van der Waals surface area contributed by atoms with E-state index < -0.39 is 0 Å². The van der Waals surface area contributed by atoms with Crippen LogP contribution in [0.3, 0.4) is 0 Å². The van der Waals surface area contributed by atoms with Gasteiger partial charge in [-0.1, -0.05) is 36.4 Å². The molecule has 0 spiro atoms. The van der Waals surface area contributed by atoms with Crippen molar-refractivity contribution in [1.29, 1.82) is 0 Å². The summed E-state index contributed by atoms with van der Waals surface area (Å²) in [5.74, 6) is 1.62. The Balaban J connectivity index is 1.71. The van der Waals surface area contributed by atoms with Gasteiger partial charge in [-0.2, -0.15) is 0 Å². The van der Waals surface area contributed by atoms with Crippen LogP contribution in [-0.2, 0) is 6.42 Å². The van der Waals surface area contributed by atoms with E-state index in [9.17, 15) is 0 Å². The quantitative estimate of drug-likeness (QED) is 0.494. The maximum absolute atomic E-state index is 5.73. The summed E-state index contributed by atoms with van der Waals surface area (Å²) in [6, 6.07) is 19.1. The minimum atomic E-state index is 0.291. The summed E-state index contributed by atoms with van der Waals surface area (Å²) in [4.78, 5) is 3.71. The molecule has 5 rings (SSSR count). The van der Waals surface area contributed by atoms with Gasteiger partial charge < -0.3 is 20.2 Å². The van der Waals surface area contributed by atoms with Crippen LogP contribution in [0.25, 0.3) is 32.9 Å². The normalized spacial score (nSPS) is 12.9. The number of aromatic amines is 1. The van der Waals surface area contributed by atoms with Gasteiger partial charge in [-0.3, -0.25) is 0 Å². The van der Waals surface area contributed by atoms with Crippen molar-refractivity contribution in [3.8, 4) is 22.8 Å². The van der Waals surface area contributed by atoms with Crippen LogP contribution in [0.1, 0.15) is 18.4 Å². The number of rotatable bonds is 5. The fraction of sp³-hybridized carbons (Fsp3) is 0.217. The van der Waals surface area contributed by atoms with Gasteiger partial charge in [0, 0.05) is 22.0 Å². The Kier molecular flexibility index (Phi) is 3.98. The number of H-pyrrole nitrogens is 1. The molecule has 1 aliphatic heterocycles. The zero-order valence-electron chi connectivity index (χ0n) is 15.1. The summed E-state index contributed by atoms with van der Waals surface area (Å²) >= 11 is 0. The average molecular weight is 358 g/mol. The highest BCUT2D eigenvalue weighted by atomic mass is 16.7. The van der Waals surface area contributed by atoms with Gasteiger partial charge in [0.1, 0.15) is 0 Å². The van der Waals surface area contributed by atoms with E-state index in [1.165, 1.54) is 27.2 Å². The first kappa shape index (κ1) is 16.2. The number of aryl methyl sites for hydroxylation is 1. The number of hydrogen-bond acceptors (Lipinski definition) is 3. The van der Waals surface area contributed by atoms with E-state index in [1.807, 2.05) is 6.07 Å². The molecule has 0 radical (unpaired) electrons. The van der Waals surface area contributed by atoms with Gasteiger partial charge in [-0.15, -0.1) is 0 Å². The van der Waals surface area contributed by atoms with E-state index in [4.69, 9.17) is 15.2 Å². The largest absolute Gasteiger partial charge is 0.454 e. The molecular formula is C23H22N2O2. The van der Waals surface area contributed by atoms with Crippen LogP contribution in [-0.4, -0.2) is 18.3 Å². The van der Waals surface area contributed by atoms with Crippen molar-refractivity contribution in [1.82, 2.24) is 4.98 Å². The zero-order chi connectivity index (χ0) is 18.2. The standard InChI is InChI=1S/C23H22N2O2/c24-12-4-3-7-18-19-10-8-15-5-1-2-6-17(15)23(19)25-22(18)16-9-11-20-21(13-16)27-14-26-20/h1-2,5-6,8-11,13,25H,3-4,7,12,14,24H2. The lowest BCUT2D eigenvalue weighted by atomic mass is 9.98. The number of fused-ring (bicyclic) bond motifs is 4. The number of hydrogen-bond donors (Lipinski definition) is 2. The van der Waals surface area contributed by atoms with E-state index >= 15 is 0 Å². The number of benzene rings is 3. The molecule has 1 aromatic heterocycles. The molecule has 1 aliphatic rings. The first-order chi connectivity index (χ1) is 13.3. The Labute approximate surface area is 157 Å². The zero-order valence-corrected chi connectivity index (χ0v) is 15.1. The van der Waals surface area contributed by atoms with Crippen molar-refractivity contribution >= 4 is 21.7 Å². The molecule has 0 saturated carbocycles. The lowest BCUT2D eigenvalue weighted by molar-refractivity contribution is 0.174. The third kappa shape index (κ3) is 2.73.